The summed E-state index contributed by atoms with van der Waals surface area (Å²) in [6.07, 6.45) is 5.61. The predicted molar refractivity (Wildman–Crippen MR) is 78.0 cm³/mol. The van der Waals surface area contributed by atoms with Gasteiger partial charge in [-0.1, -0.05) is 42.0 Å². The molecule has 1 aromatic rings. The zero-order valence-corrected chi connectivity index (χ0v) is 12.0. The minimum atomic E-state index is -1.18. The van der Waals surface area contributed by atoms with Crippen molar-refractivity contribution in [2.75, 3.05) is 0 Å². The molecule has 0 saturated carbocycles. The van der Waals surface area contributed by atoms with Gasteiger partial charge < -0.3 is 15.2 Å². The second-order valence-corrected chi connectivity index (χ2v) is 5.36. The highest BCUT2D eigenvalue weighted by molar-refractivity contribution is 5.85. The van der Waals surface area contributed by atoms with Crippen LogP contribution < -0.4 is 10.4 Å². The van der Waals surface area contributed by atoms with Crippen LogP contribution in [0, 0.1) is 5.92 Å². The molecule has 0 heterocycles. The van der Waals surface area contributed by atoms with Gasteiger partial charge in [0.05, 0.1) is 5.92 Å². The van der Waals surface area contributed by atoms with E-state index in [4.69, 9.17) is 0 Å². The molecule has 0 unspecified atom stereocenters. The van der Waals surface area contributed by atoms with E-state index < -0.39 is 11.9 Å². The summed E-state index contributed by atoms with van der Waals surface area (Å²) in [6, 6.07) is 9.58. The van der Waals surface area contributed by atoms with Crippen LogP contribution in [0.5, 0.6) is 0 Å². The lowest BCUT2D eigenvalue weighted by molar-refractivity contribution is -0.306. The number of carboxylic acid groups (broad SMARTS) is 1. The van der Waals surface area contributed by atoms with Crippen LogP contribution in [-0.2, 0) is 16.1 Å². The summed E-state index contributed by atoms with van der Waals surface area (Å²) in [5.74, 6) is -2.00. The Labute approximate surface area is 124 Å². The Morgan fingerprint density at radius 1 is 1.19 bits per heavy atom. The first-order valence-corrected chi connectivity index (χ1v) is 7.37. The lowest BCUT2D eigenvalue weighted by Crippen LogP contribution is -2.36. The molecule has 0 fully saturated rings. The van der Waals surface area contributed by atoms with Gasteiger partial charge in [0.25, 0.3) is 0 Å². The molecule has 0 bridgehead atoms. The maximum absolute atomic E-state index is 12.3. The van der Waals surface area contributed by atoms with E-state index in [1.54, 1.807) is 0 Å². The highest BCUT2D eigenvalue weighted by atomic mass is 16.4. The molecule has 0 saturated heterocycles. The maximum atomic E-state index is 12.3. The number of carboxylic acids is 1. The second-order valence-electron chi connectivity index (χ2n) is 5.36. The van der Waals surface area contributed by atoms with E-state index in [2.05, 4.69) is 5.32 Å². The molecule has 0 aliphatic heterocycles. The van der Waals surface area contributed by atoms with Gasteiger partial charge in [0, 0.05) is 18.9 Å². The zero-order valence-electron chi connectivity index (χ0n) is 12.0. The van der Waals surface area contributed by atoms with E-state index in [1.807, 2.05) is 36.4 Å². The fourth-order valence-corrected chi connectivity index (χ4v) is 2.65. The largest absolute Gasteiger partial charge is 0.550 e. The van der Waals surface area contributed by atoms with Crippen molar-refractivity contribution in [1.29, 1.82) is 0 Å². The Morgan fingerprint density at radius 2 is 1.95 bits per heavy atom. The number of benzene rings is 1. The number of hydrogen-bond acceptors (Lipinski definition) is 3. The lowest BCUT2D eigenvalue weighted by Gasteiger charge is -2.23. The Balaban J connectivity index is 2.00. The summed E-state index contributed by atoms with van der Waals surface area (Å²) in [5.41, 5.74) is 1.94. The highest BCUT2D eigenvalue weighted by Crippen LogP contribution is 2.26. The molecule has 112 valence electrons. The normalized spacial score (nSPS) is 15.9. The Morgan fingerprint density at radius 3 is 2.57 bits per heavy atom. The minimum absolute atomic E-state index is 0.226. The zero-order chi connectivity index (χ0) is 15.1. The average molecular weight is 286 g/mol. The van der Waals surface area contributed by atoms with Crippen LogP contribution >= 0.6 is 0 Å². The number of rotatable bonds is 6. The minimum Gasteiger partial charge on any atom is -0.550 e. The molecule has 0 radical (unpaired) electrons. The Bertz CT molecular complexity index is 522. The Hall–Kier alpha value is -2.10. The summed E-state index contributed by atoms with van der Waals surface area (Å²) >= 11 is 0. The monoisotopic (exact) mass is 286 g/mol. The van der Waals surface area contributed by atoms with Gasteiger partial charge >= 0.3 is 0 Å². The smallest absolute Gasteiger partial charge is 0.227 e. The lowest BCUT2D eigenvalue weighted by atomic mass is 9.86. The van der Waals surface area contributed by atoms with Gasteiger partial charge in [-0.15, -0.1) is 0 Å². The van der Waals surface area contributed by atoms with Crippen molar-refractivity contribution in [2.24, 2.45) is 5.92 Å². The fraction of sp³-hybridized carbons (Fsp3) is 0.412. The van der Waals surface area contributed by atoms with Crippen LogP contribution in [0.15, 0.2) is 42.0 Å². The fourth-order valence-electron chi connectivity index (χ4n) is 2.65. The first-order chi connectivity index (χ1) is 10.2. The van der Waals surface area contributed by atoms with E-state index in [1.165, 1.54) is 0 Å². The molecule has 0 aromatic heterocycles. The van der Waals surface area contributed by atoms with Gasteiger partial charge in [0.15, 0.2) is 0 Å². The number of carbonyl (C=O) groups excluding carboxylic acids is 2. The van der Waals surface area contributed by atoms with Crippen molar-refractivity contribution < 1.29 is 14.7 Å². The molecular formula is C17H20NO3-. The van der Waals surface area contributed by atoms with Crippen LogP contribution in [-0.4, -0.2) is 11.9 Å². The number of nitrogens with one attached hydrogen (secondary N) is 1. The van der Waals surface area contributed by atoms with Crippen molar-refractivity contribution in [2.45, 2.75) is 38.6 Å². The van der Waals surface area contributed by atoms with Crippen LogP contribution in [0.25, 0.3) is 0 Å². The molecule has 4 heteroatoms. The van der Waals surface area contributed by atoms with Crippen molar-refractivity contribution in [1.82, 2.24) is 5.32 Å². The molecule has 0 spiro atoms. The molecule has 1 atom stereocenters. The quantitative estimate of drug-likeness (QED) is 0.807. The van der Waals surface area contributed by atoms with Crippen LogP contribution in [0.3, 0.4) is 0 Å². The first kappa shape index (κ1) is 15.3. The van der Waals surface area contributed by atoms with Crippen molar-refractivity contribution in [3.05, 3.63) is 47.5 Å². The molecule has 1 aliphatic rings. The number of amides is 1. The first-order valence-electron chi connectivity index (χ1n) is 7.37. The summed E-state index contributed by atoms with van der Waals surface area (Å²) in [7, 11) is 0. The van der Waals surface area contributed by atoms with Gasteiger partial charge in [-0.2, -0.15) is 0 Å². The van der Waals surface area contributed by atoms with Crippen LogP contribution in [0.2, 0.25) is 0 Å². The summed E-state index contributed by atoms with van der Waals surface area (Å²) in [5, 5.41) is 13.7. The summed E-state index contributed by atoms with van der Waals surface area (Å²) in [4.78, 5) is 23.2. The van der Waals surface area contributed by atoms with E-state index in [9.17, 15) is 14.7 Å². The molecule has 21 heavy (non-hydrogen) atoms. The number of aliphatic carboxylic acids is 1. The molecule has 1 N–H and O–H groups in total. The van der Waals surface area contributed by atoms with Crippen molar-refractivity contribution in [3.63, 3.8) is 0 Å². The van der Waals surface area contributed by atoms with Crippen molar-refractivity contribution in [3.8, 4) is 0 Å². The SMILES string of the molecule is O=C([O-])C[C@H](C(=O)NCc1ccccc1)C1=CCCCC1. The summed E-state index contributed by atoms with van der Waals surface area (Å²) < 4.78 is 0. The number of allylic oxidation sites excluding steroid dienone is 1. The molecule has 2 rings (SSSR count). The van der Waals surface area contributed by atoms with Gasteiger partial charge in [-0.25, -0.2) is 0 Å². The standard InChI is InChI=1S/C17H21NO3/c19-16(20)11-15(14-9-5-2-6-10-14)17(21)18-12-13-7-3-1-4-8-13/h1,3-4,7-9,15H,2,5-6,10-12H2,(H,18,21)(H,19,20)/p-1/t15-/m0/s1. The van der Waals surface area contributed by atoms with E-state index in [-0.39, 0.29) is 12.3 Å². The molecule has 1 amide bonds. The number of hydrogen-bond donors (Lipinski definition) is 1. The third-order valence-electron chi connectivity index (χ3n) is 3.77. The van der Waals surface area contributed by atoms with E-state index in [0.29, 0.717) is 6.54 Å². The van der Waals surface area contributed by atoms with E-state index >= 15 is 0 Å². The third-order valence-corrected chi connectivity index (χ3v) is 3.77. The second kappa shape index (κ2) is 7.62. The predicted octanol–water partition coefficient (Wildman–Crippen LogP) is 1.56. The van der Waals surface area contributed by atoms with Crippen molar-refractivity contribution >= 4 is 11.9 Å². The number of carbonyl (C=O) groups is 2. The summed E-state index contributed by atoms with van der Waals surface area (Å²) in [6.45, 7) is 0.413. The molecule has 1 aromatic carbocycles. The van der Waals surface area contributed by atoms with Crippen LogP contribution in [0.4, 0.5) is 0 Å². The highest BCUT2D eigenvalue weighted by Gasteiger charge is 2.23. The molecular weight excluding hydrogens is 266 g/mol. The molecule has 4 nitrogen and oxygen atoms in total. The van der Waals surface area contributed by atoms with Gasteiger partial charge in [-0.05, 0) is 31.2 Å². The topological polar surface area (TPSA) is 69.2 Å². The van der Waals surface area contributed by atoms with Gasteiger partial charge in [-0.3, -0.25) is 4.79 Å². The maximum Gasteiger partial charge on any atom is 0.227 e. The average Bonchev–Trinajstić information content (AvgIpc) is 2.52. The molecule has 1 aliphatic carbocycles. The Kier molecular flexibility index (Phi) is 5.55. The van der Waals surface area contributed by atoms with Gasteiger partial charge in [0.2, 0.25) is 5.91 Å². The van der Waals surface area contributed by atoms with E-state index in [0.717, 1.165) is 36.8 Å². The van der Waals surface area contributed by atoms with Crippen LogP contribution in [0.1, 0.15) is 37.7 Å². The third kappa shape index (κ3) is 4.74. The van der Waals surface area contributed by atoms with Gasteiger partial charge in [0.1, 0.15) is 0 Å².